The molecule has 2 aromatic rings. The Balaban J connectivity index is 2.35. The molecule has 110 valence electrons. The first-order valence-electron chi connectivity index (χ1n) is 6.68. The van der Waals surface area contributed by atoms with Gasteiger partial charge in [0.15, 0.2) is 0 Å². The normalized spacial score (nSPS) is 10.4. The second kappa shape index (κ2) is 6.72. The first kappa shape index (κ1) is 15.5. The smallest absolute Gasteiger partial charge is 0.339 e. The largest absolute Gasteiger partial charge is 0.462 e. The van der Waals surface area contributed by atoms with E-state index in [2.05, 4.69) is 20.9 Å². The molecule has 0 bridgehead atoms. The van der Waals surface area contributed by atoms with Gasteiger partial charge in [-0.1, -0.05) is 28.1 Å². The number of nitrogens with zero attached hydrogens (tertiary/aromatic N) is 1. The molecule has 0 fully saturated rings. The van der Waals surface area contributed by atoms with Crippen molar-refractivity contribution in [2.24, 2.45) is 0 Å². The fraction of sp³-hybridized carbons (Fsp3) is 0.250. The Morgan fingerprint density at radius 3 is 2.81 bits per heavy atom. The number of nitrogen functional groups attached to an aromatic ring is 1. The van der Waals surface area contributed by atoms with Crippen LogP contribution in [0.5, 0.6) is 0 Å². The highest BCUT2D eigenvalue weighted by Gasteiger charge is 2.15. The van der Waals surface area contributed by atoms with E-state index in [1.165, 1.54) is 0 Å². The van der Waals surface area contributed by atoms with Crippen molar-refractivity contribution >= 4 is 27.7 Å². The standard InChI is InChI=1S/C16H17BrN2O2/c1-3-21-16(20)14-9-12(15(18)19-10(14)2)7-11-5-4-6-13(17)8-11/h4-6,8-9H,3,7H2,1-2H3,(H2,18,19). The predicted molar refractivity (Wildman–Crippen MR) is 86.3 cm³/mol. The third kappa shape index (κ3) is 3.82. The summed E-state index contributed by atoms with van der Waals surface area (Å²) in [6.07, 6.45) is 0.616. The van der Waals surface area contributed by atoms with Gasteiger partial charge in [-0.15, -0.1) is 0 Å². The van der Waals surface area contributed by atoms with Gasteiger partial charge < -0.3 is 10.5 Å². The highest BCUT2D eigenvalue weighted by atomic mass is 79.9. The lowest BCUT2D eigenvalue weighted by molar-refractivity contribution is 0.0525. The van der Waals surface area contributed by atoms with Gasteiger partial charge in [0.1, 0.15) is 5.82 Å². The van der Waals surface area contributed by atoms with Crippen LogP contribution in [-0.2, 0) is 11.2 Å². The van der Waals surface area contributed by atoms with Crippen molar-refractivity contribution in [1.82, 2.24) is 4.98 Å². The fourth-order valence-corrected chi connectivity index (χ4v) is 2.54. The zero-order chi connectivity index (χ0) is 15.4. The van der Waals surface area contributed by atoms with E-state index < -0.39 is 0 Å². The zero-order valence-electron chi connectivity index (χ0n) is 12.0. The number of nitrogens with two attached hydrogens (primary N) is 1. The van der Waals surface area contributed by atoms with Crippen molar-refractivity contribution in [1.29, 1.82) is 0 Å². The summed E-state index contributed by atoms with van der Waals surface area (Å²) in [5.74, 6) is 0.0820. The number of pyridine rings is 1. The average Bonchev–Trinajstić information content (AvgIpc) is 2.42. The van der Waals surface area contributed by atoms with E-state index in [0.29, 0.717) is 30.1 Å². The van der Waals surface area contributed by atoms with Crippen LogP contribution in [0.2, 0.25) is 0 Å². The number of ether oxygens (including phenoxy) is 1. The molecule has 0 aliphatic rings. The summed E-state index contributed by atoms with van der Waals surface area (Å²) in [6, 6.07) is 9.72. The lowest BCUT2D eigenvalue weighted by Crippen LogP contribution is -2.11. The van der Waals surface area contributed by atoms with Gasteiger partial charge in [0.2, 0.25) is 0 Å². The number of carbonyl (C=O) groups excluding carboxylic acids is 1. The van der Waals surface area contributed by atoms with Crippen molar-refractivity contribution in [3.63, 3.8) is 0 Å². The zero-order valence-corrected chi connectivity index (χ0v) is 13.6. The molecule has 0 saturated carbocycles. The Hall–Kier alpha value is -1.88. The van der Waals surface area contributed by atoms with E-state index in [1.54, 1.807) is 19.9 Å². The molecule has 4 nitrogen and oxygen atoms in total. The Morgan fingerprint density at radius 1 is 1.38 bits per heavy atom. The minimum absolute atomic E-state index is 0.337. The lowest BCUT2D eigenvalue weighted by atomic mass is 10.0. The van der Waals surface area contributed by atoms with E-state index in [4.69, 9.17) is 10.5 Å². The van der Waals surface area contributed by atoms with Crippen LogP contribution in [0.15, 0.2) is 34.8 Å². The van der Waals surface area contributed by atoms with Crippen molar-refractivity contribution in [2.45, 2.75) is 20.3 Å². The number of hydrogen-bond donors (Lipinski definition) is 1. The van der Waals surface area contributed by atoms with Crippen molar-refractivity contribution in [2.75, 3.05) is 12.3 Å². The number of rotatable bonds is 4. The molecule has 0 radical (unpaired) electrons. The van der Waals surface area contributed by atoms with Gasteiger partial charge >= 0.3 is 5.97 Å². The summed E-state index contributed by atoms with van der Waals surface area (Å²) in [5.41, 5.74) is 8.95. The summed E-state index contributed by atoms with van der Waals surface area (Å²) in [6.45, 7) is 3.87. The number of aryl methyl sites for hydroxylation is 1. The number of halogens is 1. The first-order chi connectivity index (χ1) is 10.0. The van der Waals surface area contributed by atoms with E-state index in [1.807, 2.05) is 24.3 Å². The quantitative estimate of drug-likeness (QED) is 0.858. The molecule has 1 heterocycles. The van der Waals surface area contributed by atoms with Crippen molar-refractivity contribution in [3.05, 3.63) is 57.2 Å². The van der Waals surface area contributed by atoms with Gasteiger partial charge in [0, 0.05) is 10.9 Å². The minimum Gasteiger partial charge on any atom is -0.462 e. The van der Waals surface area contributed by atoms with E-state index in [9.17, 15) is 4.79 Å². The van der Waals surface area contributed by atoms with Crippen LogP contribution in [0.25, 0.3) is 0 Å². The maximum atomic E-state index is 11.9. The number of hydrogen-bond acceptors (Lipinski definition) is 4. The lowest BCUT2D eigenvalue weighted by Gasteiger charge is -2.11. The number of benzene rings is 1. The monoisotopic (exact) mass is 348 g/mol. The van der Waals surface area contributed by atoms with E-state index >= 15 is 0 Å². The van der Waals surface area contributed by atoms with E-state index in [-0.39, 0.29) is 5.97 Å². The molecular formula is C16H17BrN2O2. The molecule has 0 amide bonds. The van der Waals surface area contributed by atoms with Gasteiger partial charge in [-0.2, -0.15) is 0 Å². The second-order valence-corrected chi connectivity index (χ2v) is 5.61. The Labute approximate surface area is 132 Å². The Kier molecular flexibility index (Phi) is 4.96. The van der Waals surface area contributed by atoms with Crippen LogP contribution in [-0.4, -0.2) is 17.6 Å². The third-order valence-electron chi connectivity index (χ3n) is 3.10. The number of carbonyl (C=O) groups is 1. The fourth-order valence-electron chi connectivity index (χ4n) is 2.09. The number of aromatic nitrogens is 1. The van der Waals surface area contributed by atoms with Crippen LogP contribution >= 0.6 is 15.9 Å². The van der Waals surface area contributed by atoms with E-state index in [0.717, 1.165) is 15.6 Å². The molecule has 1 aromatic carbocycles. The molecule has 0 aliphatic carbocycles. The Morgan fingerprint density at radius 2 is 2.14 bits per heavy atom. The second-order valence-electron chi connectivity index (χ2n) is 4.69. The molecule has 0 unspecified atom stereocenters. The van der Waals surface area contributed by atoms with Crippen LogP contribution in [0.4, 0.5) is 5.82 Å². The minimum atomic E-state index is -0.363. The van der Waals surface area contributed by atoms with Gasteiger partial charge in [-0.3, -0.25) is 0 Å². The third-order valence-corrected chi connectivity index (χ3v) is 3.60. The first-order valence-corrected chi connectivity index (χ1v) is 7.48. The average molecular weight is 349 g/mol. The highest BCUT2D eigenvalue weighted by molar-refractivity contribution is 9.10. The number of anilines is 1. The maximum absolute atomic E-state index is 11.9. The van der Waals surface area contributed by atoms with Gasteiger partial charge in [0.25, 0.3) is 0 Å². The van der Waals surface area contributed by atoms with Crippen LogP contribution in [0.3, 0.4) is 0 Å². The van der Waals surface area contributed by atoms with Gasteiger partial charge in [-0.05, 0) is 43.2 Å². The molecule has 0 saturated heterocycles. The molecule has 1 aromatic heterocycles. The summed E-state index contributed by atoms with van der Waals surface area (Å²) >= 11 is 3.44. The van der Waals surface area contributed by atoms with Crippen LogP contribution in [0.1, 0.15) is 34.1 Å². The van der Waals surface area contributed by atoms with Crippen LogP contribution < -0.4 is 5.73 Å². The summed E-state index contributed by atoms with van der Waals surface area (Å²) in [4.78, 5) is 16.2. The van der Waals surface area contributed by atoms with Gasteiger partial charge in [-0.25, -0.2) is 9.78 Å². The van der Waals surface area contributed by atoms with Crippen molar-refractivity contribution < 1.29 is 9.53 Å². The van der Waals surface area contributed by atoms with Gasteiger partial charge in [0.05, 0.1) is 17.9 Å². The summed E-state index contributed by atoms with van der Waals surface area (Å²) in [7, 11) is 0. The maximum Gasteiger partial charge on any atom is 0.339 e. The Bertz CT molecular complexity index is 671. The van der Waals surface area contributed by atoms with Crippen LogP contribution in [0, 0.1) is 6.92 Å². The molecule has 2 rings (SSSR count). The molecule has 2 N–H and O–H groups in total. The summed E-state index contributed by atoms with van der Waals surface area (Å²) < 4.78 is 6.05. The topological polar surface area (TPSA) is 65.2 Å². The SMILES string of the molecule is CCOC(=O)c1cc(Cc2cccc(Br)c2)c(N)nc1C. The molecular weight excluding hydrogens is 332 g/mol. The molecule has 0 atom stereocenters. The molecule has 21 heavy (non-hydrogen) atoms. The summed E-state index contributed by atoms with van der Waals surface area (Å²) in [5, 5.41) is 0. The molecule has 5 heteroatoms. The van der Waals surface area contributed by atoms with Crippen molar-refractivity contribution in [3.8, 4) is 0 Å². The molecule has 0 aliphatic heterocycles. The molecule has 0 spiro atoms. The number of esters is 1. The predicted octanol–water partition coefficient (Wildman–Crippen LogP) is 3.50. The highest BCUT2D eigenvalue weighted by Crippen LogP contribution is 2.21.